The Labute approximate surface area is 109 Å². The van der Waals surface area contributed by atoms with Crippen molar-refractivity contribution in [3.63, 3.8) is 0 Å². The standard InChI is InChI=1S/C13H25NO2S/c1-5-10(3)17-11-7-8-13(9-11,14-4)12(15)16-6-2/h10-11,14H,5-9H2,1-4H3. The first-order valence-electron chi connectivity index (χ1n) is 6.59. The van der Waals surface area contributed by atoms with Crippen molar-refractivity contribution in [1.82, 2.24) is 5.32 Å². The summed E-state index contributed by atoms with van der Waals surface area (Å²) in [6.07, 6.45) is 4.09. The topological polar surface area (TPSA) is 38.3 Å². The van der Waals surface area contributed by atoms with Crippen LogP contribution in [0.5, 0.6) is 0 Å². The zero-order valence-corrected chi connectivity index (χ0v) is 12.2. The minimum Gasteiger partial charge on any atom is -0.465 e. The highest BCUT2D eigenvalue weighted by atomic mass is 32.2. The summed E-state index contributed by atoms with van der Waals surface area (Å²) in [5, 5.41) is 4.46. The van der Waals surface area contributed by atoms with Gasteiger partial charge in [0.25, 0.3) is 0 Å². The van der Waals surface area contributed by atoms with E-state index in [0.29, 0.717) is 17.1 Å². The van der Waals surface area contributed by atoms with Gasteiger partial charge in [0.15, 0.2) is 0 Å². The lowest BCUT2D eigenvalue weighted by molar-refractivity contribution is -0.150. The van der Waals surface area contributed by atoms with Crippen molar-refractivity contribution in [1.29, 1.82) is 0 Å². The predicted molar refractivity (Wildman–Crippen MR) is 73.4 cm³/mol. The lowest BCUT2D eigenvalue weighted by Crippen LogP contribution is -2.49. The molecule has 0 spiro atoms. The van der Waals surface area contributed by atoms with Crippen LogP contribution in [-0.4, -0.2) is 35.7 Å². The molecule has 0 aromatic heterocycles. The lowest BCUT2D eigenvalue weighted by Gasteiger charge is -2.26. The SMILES string of the molecule is CCOC(=O)C1(NC)CCC(SC(C)CC)C1. The molecule has 1 fully saturated rings. The molecule has 3 nitrogen and oxygen atoms in total. The van der Waals surface area contributed by atoms with E-state index in [4.69, 9.17) is 4.74 Å². The number of hydrogen-bond acceptors (Lipinski definition) is 4. The van der Waals surface area contributed by atoms with Gasteiger partial charge in [-0.15, -0.1) is 0 Å². The molecule has 0 heterocycles. The number of ether oxygens (including phenoxy) is 1. The summed E-state index contributed by atoms with van der Waals surface area (Å²) in [6, 6.07) is 0. The Morgan fingerprint density at radius 1 is 1.59 bits per heavy atom. The van der Waals surface area contributed by atoms with Crippen LogP contribution >= 0.6 is 11.8 Å². The average molecular weight is 259 g/mol. The molecule has 1 rings (SSSR count). The van der Waals surface area contributed by atoms with Crippen LogP contribution in [-0.2, 0) is 9.53 Å². The molecule has 100 valence electrons. The van der Waals surface area contributed by atoms with Crippen molar-refractivity contribution >= 4 is 17.7 Å². The Kier molecular flexibility index (Phi) is 5.80. The highest BCUT2D eigenvalue weighted by molar-refractivity contribution is 8.00. The van der Waals surface area contributed by atoms with E-state index in [1.807, 2.05) is 25.7 Å². The van der Waals surface area contributed by atoms with Crippen molar-refractivity contribution in [2.24, 2.45) is 0 Å². The quantitative estimate of drug-likeness (QED) is 0.744. The number of carbonyl (C=O) groups is 1. The van der Waals surface area contributed by atoms with Gasteiger partial charge in [0, 0.05) is 10.5 Å². The van der Waals surface area contributed by atoms with E-state index < -0.39 is 5.54 Å². The van der Waals surface area contributed by atoms with Crippen LogP contribution in [0.2, 0.25) is 0 Å². The molecule has 0 aromatic carbocycles. The molecule has 17 heavy (non-hydrogen) atoms. The predicted octanol–water partition coefficient (Wildman–Crippen LogP) is 2.59. The van der Waals surface area contributed by atoms with E-state index in [1.165, 1.54) is 6.42 Å². The van der Waals surface area contributed by atoms with Crippen molar-refractivity contribution in [2.45, 2.75) is 62.5 Å². The van der Waals surface area contributed by atoms with E-state index in [9.17, 15) is 4.79 Å². The minimum absolute atomic E-state index is 0.0743. The normalized spacial score (nSPS) is 30.2. The number of likely N-dealkylation sites (N-methyl/N-ethyl adjacent to an activating group) is 1. The fourth-order valence-corrected chi connectivity index (χ4v) is 3.81. The molecule has 1 aliphatic rings. The van der Waals surface area contributed by atoms with E-state index in [-0.39, 0.29) is 5.97 Å². The summed E-state index contributed by atoms with van der Waals surface area (Å²) >= 11 is 2.01. The molecule has 0 saturated heterocycles. The molecule has 0 aliphatic heterocycles. The maximum atomic E-state index is 12.0. The third-order valence-electron chi connectivity index (χ3n) is 3.61. The van der Waals surface area contributed by atoms with Gasteiger partial charge in [-0.1, -0.05) is 13.8 Å². The third kappa shape index (κ3) is 3.62. The van der Waals surface area contributed by atoms with Gasteiger partial charge in [0.05, 0.1) is 6.61 Å². The Morgan fingerprint density at radius 2 is 2.29 bits per heavy atom. The first-order valence-corrected chi connectivity index (χ1v) is 7.53. The zero-order valence-electron chi connectivity index (χ0n) is 11.4. The van der Waals surface area contributed by atoms with Crippen LogP contribution in [0.4, 0.5) is 0 Å². The maximum Gasteiger partial charge on any atom is 0.326 e. The fraction of sp³-hybridized carbons (Fsp3) is 0.923. The van der Waals surface area contributed by atoms with E-state index in [1.54, 1.807) is 0 Å². The van der Waals surface area contributed by atoms with Gasteiger partial charge in [-0.25, -0.2) is 0 Å². The first-order chi connectivity index (χ1) is 8.07. The summed E-state index contributed by atoms with van der Waals surface area (Å²) in [5.41, 5.74) is -0.429. The number of thioether (sulfide) groups is 1. The molecule has 1 saturated carbocycles. The van der Waals surface area contributed by atoms with Crippen molar-refractivity contribution in [3.05, 3.63) is 0 Å². The summed E-state index contributed by atoms with van der Waals surface area (Å²) in [7, 11) is 1.87. The van der Waals surface area contributed by atoms with Crippen LogP contribution in [0, 0.1) is 0 Å². The number of rotatable bonds is 6. The van der Waals surface area contributed by atoms with E-state index >= 15 is 0 Å². The highest BCUT2D eigenvalue weighted by Crippen LogP contribution is 2.39. The molecule has 3 atom stereocenters. The van der Waals surface area contributed by atoms with Crippen molar-refractivity contribution in [3.8, 4) is 0 Å². The highest BCUT2D eigenvalue weighted by Gasteiger charge is 2.45. The molecule has 0 aromatic rings. The molecule has 0 amide bonds. The molecule has 3 unspecified atom stereocenters. The largest absolute Gasteiger partial charge is 0.465 e. The van der Waals surface area contributed by atoms with Crippen LogP contribution in [0.25, 0.3) is 0 Å². The fourth-order valence-electron chi connectivity index (χ4n) is 2.32. The summed E-state index contributed by atoms with van der Waals surface area (Å²) in [4.78, 5) is 12.0. The van der Waals surface area contributed by atoms with Crippen LogP contribution in [0.3, 0.4) is 0 Å². The Bertz CT molecular complexity index is 260. The van der Waals surface area contributed by atoms with Gasteiger partial charge >= 0.3 is 5.97 Å². The van der Waals surface area contributed by atoms with Gasteiger partial charge in [-0.05, 0) is 39.7 Å². The zero-order chi connectivity index (χ0) is 12.9. The summed E-state index contributed by atoms with van der Waals surface area (Å²) in [6.45, 7) is 6.80. The Morgan fingerprint density at radius 3 is 2.82 bits per heavy atom. The number of carbonyl (C=O) groups excluding carboxylic acids is 1. The number of hydrogen-bond donors (Lipinski definition) is 1. The van der Waals surface area contributed by atoms with E-state index in [0.717, 1.165) is 19.3 Å². The smallest absolute Gasteiger partial charge is 0.326 e. The molecule has 0 radical (unpaired) electrons. The van der Waals surface area contributed by atoms with Crippen molar-refractivity contribution in [2.75, 3.05) is 13.7 Å². The molecule has 1 N–H and O–H groups in total. The van der Waals surface area contributed by atoms with Gasteiger partial charge in [0.1, 0.15) is 5.54 Å². The van der Waals surface area contributed by atoms with Crippen LogP contribution < -0.4 is 5.32 Å². The van der Waals surface area contributed by atoms with Gasteiger partial charge in [0.2, 0.25) is 0 Å². The van der Waals surface area contributed by atoms with Crippen LogP contribution in [0.15, 0.2) is 0 Å². The van der Waals surface area contributed by atoms with Crippen LogP contribution in [0.1, 0.15) is 46.5 Å². The molecule has 0 bridgehead atoms. The monoisotopic (exact) mass is 259 g/mol. The van der Waals surface area contributed by atoms with Gasteiger partial charge < -0.3 is 10.1 Å². The third-order valence-corrected chi connectivity index (χ3v) is 5.20. The minimum atomic E-state index is -0.429. The molecular weight excluding hydrogens is 234 g/mol. The van der Waals surface area contributed by atoms with Crippen molar-refractivity contribution < 1.29 is 9.53 Å². The maximum absolute atomic E-state index is 12.0. The average Bonchev–Trinajstić information content (AvgIpc) is 2.74. The van der Waals surface area contributed by atoms with Gasteiger partial charge in [-0.2, -0.15) is 11.8 Å². The second-order valence-corrected chi connectivity index (χ2v) is 6.52. The second kappa shape index (κ2) is 6.64. The molecular formula is C13H25NO2S. The molecule has 1 aliphatic carbocycles. The first kappa shape index (κ1) is 14.8. The Hall–Kier alpha value is -0.220. The number of esters is 1. The summed E-state index contributed by atoms with van der Waals surface area (Å²) < 4.78 is 5.19. The Balaban J connectivity index is 2.57. The lowest BCUT2D eigenvalue weighted by atomic mass is 9.98. The second-order valence-electron chi connectivity index (χ2n) is 4.77. The number of nitrogens with one attached hydrogen (secondary N) is 1. The van der Waals surface area contributed by atoms with Gasteiger partial charge in [-0.3, -0.25) is 4.79 Å². The molecule has 4 heteroatoms. The summed E-state index contributed by atoms with van der Waals surface area (Å²) in [5.74, 6) is -0.0743. The van der Waals surface area contributed by atoms with E-state index in [2.05, 4.69) is 19.2 Å².